The van der Waals surface area contributed by atoms with E-state index in [0.29, 0.717) is 11.6 Å². The zero-order valence-electron chi connectivity index (χ0n) is 11.2. The summed E-state index contributed by atoms with van der Waals surface area (Å²) in [7, 11) is 1.64. The SMILES string of the molecule is COc1csc(-c2onc(N)c2-c2ccc(C)cc2)c1. The maximum Gasteiger partial charge on any atom is 0.186 e. The van der Waals surface area contributed by atoms with Crippen molar-refractivity contribution in [1.29, 1.82) is 0 Å². The van der Waals surface area contributed by atoms with Gasteiger partial charge in [0.05, 0.1) is 17.6 Å². The second-order valence-corrected chi connectivity index (χ2v) is 5.40. The van der Waals surface area contributed by atoms with Gasteiger partial charge in [-0.15, -0.1) is 11.3 Å². The highest BCUT2D eigenvalue weighted by Crippen LogP contribution is 2.40. The van der Waals surface area contributed by atoms with Crippen molar-refractivity contribution in [2.45, 2.75) is 6.92 Å². The highest BCUT2D eigenvalue weighted by molar-refractivity contribution is 7.13. The van der Waals surface area contributed by atoms with Gasteiger partial charge in [-0.25, -0.2) is 0 Å². The van der Waals surface area contributed by atoms with Gasteiger partial charge in [0.15, 0.2) is 11.6 Å². The highest BCUT2D eigenvalue weighted by atomic mass is 32.1. The molecule has 0 aliphatic heterocycles. The molecule has 1 aromatic carbocycles. The molecule has 2 aromatic heterocycles. The number of thiophene rings is 1. The predicted octanol–water partition coefficient (Wildman–Crippen LogP) is 3.97. The summed E-state index contributed by atoms with van der Waals surface area (Å²) in [5, 5.41) is 5.82. The van der Waals surface area contributed by atoms with Crippen molar-refractivity contribution in [3.8, 4) is 27.5 Å². The molecule has 5 heteroatoms. The Bertz CT molecular complexity index is 729. The Morgan fingerprint density at radius 1 is 1.25 bits per heavy atom. The van der Waals surface area contributed by atoms with E-state index in [-0.39, 0.29) is 0 Å². The molecule has 0 bridgehead atoms. The summed E-state index contributed by atoms with van der Waals surface area (Å²) in [5.41, 5.74) is 8.98. The van der Waals surface area contributed by atoms with Crippen LogP contribution in [0.3, 0.4) is 0 Å². The second kappa shape index (κ2) is 5.02. The summed E-state index contributed by atoms with van der Waals surface area (Å²) in [6.07, 6.45) is 0. The van der Waals surface area contributed by atoms with Crippen LogP contribution in [-0.4, -0.2) is 12.3 Å². The van der Waals surface area contributed by atoms with Gasteiger partial charge < -0.3 is 15.0 Å². The molecule has 4 nitrogen and oxygen atoms in total. The maximum absolute atomic E-state index is 5.96. The zero-order chi connectivity index (χ0) is 14.1. The first-order valence-electron chi connectivity index (χ1n) is 6.14. The number of aryl methyl sites for hydroxylation is 1. The minimum atomic E-state index is 0.399. The number of methoxy groups -OCH3 is 1. The Morgan fingerprint density at radius 3 is 2.65 bits per heavy atom. The van der Waals surface area contributed by atoms with Crippen molar-refractivity contribution in [2.24, 2.45) is 0 Å². The summed E-state index contributed by atoms with van der Waals surface area (Å²) in [6.45, 7) is 2.05. The van der Waals surface area contributed by atoms with E-state index in [4.69, 9.17) is 15.0 Å². The standard InChI is InChI=1S/C15H14N2O2S/c1-9-3-5-10(6-4-9)13-14(19-17-15(13)16)12-7-11(18-2)8-20-12/h3-8H,1-2H3,(H2,16,17). The van der Waals surface area contributed by atoms with Crippen LogP contribution in [0.2, 0.25) is 0 Å². The molecule has 3 aromatic rings. The van der Waals surface area contributed by atoms with Crippen molar-refractivity contribution < 1.29 is 9.26 Å². The first-order chi connectivity index (χ1) is 9.69. The average Bonchev–Trinajstić information content (AvgIpc) is 3.06. The van der Waals surface area contributed by atoms with E-state index in [2.05, 4.69) is 5.16 Å². The second-order valence-electron chi connectivity index (χ2n) is 4.49. The van der Waals surface area contributed by atoms with Gasteiger partial charge >= 0.3 is 0 Å². The number of hydrogen-bond acceptors (Lipinski definition) is 5. The third kappa shape index (κ3) is 2.16. The monoisotopic (exact) mass is 286 g/mol. The first kappa shape index (κ1) is 12.7. The van der Waals surface area contributed by atoms with Gasteiger partial charge in [0, 0.05) is 11.4 Å². The predicted molar refractivity (Wildman–Crippen MR) is 81.0 cm³/mol. The van der Waals surface area contributed by atoms with Gasteiger partial charge in [0.25, 0.3) is 0 Å². The Kier molecular flexibility index (Phi) is 3.20. The molecule has 0 fully saturated rings. The fraction of sp³-hybridized carbons (Fsp3) is 0.133. The molecule has 0 radical (unpaired) electrons. The lowest BCUT2D eigenvalue weighted by molar-refractivity contribution is 0.416. The van der Waals surface area contributed by atoms with Gasteiger partial charge in [-0.2, -0.15) is 0 Å². The first-order valence-corrected chi connectivity index (χ1v) is 7.02. The molecule has 0 aliphatic carbocycles. The van der Waals surface area contributed by atoms with E-state index in [9.17, 15) is 0 Å². The molecule has 0 amide bonds. The normalized spacial score (nSPS) is 10.7. The zero-order valence-corrected chi connectivity index (χ0v) is 12.0. The lowest BCUT2D eigenvalue weighted by atomic mass is 10.0. The molecule has 2 heterocycles. The minimum absolute atomic E-state index is 0.399. The molecule has 2 N–H and O–H groups in total. The quantitative estimate of drug-likeness (QED) is 0.791. The fourth-order valence-electron chi connectivity index (χ4n) is 2.01. The van der Waals surface area contributed by atoms with Gasteiger partial charge in [-0.3, -0.25) is 0 Å². The fourth-order valence-corrected chi connectivity index (χ4v) is 2.85. The van der Waals surface area contributed by atoms with Crippen LogP contribution in [0.1, 0.15) is 5.56 Å². The van der Waals surface area contributed by atoms with E-state index < -0.39 is 0 Å². The molecular weight excluding hydrogens is 272 g/mol. The van der Waals surface area contributed by atoms with E-state index in [0.717, 1.165) is 21.8 Å². The van der Waals surface area contributed by atoms with Crippen LogP contribution in [0.5, 0.6) is 5.75 Å². The van der Waals surface area contributed by atoms with Crippen molar-refractivity contribution in [2.75, 3.05) is 12.8 Å². The Labute approximate surface area is 120 Å². The van der Waals surface area contributed by atoms with Crippen molar-refractivity contribution in [3.63, 3.8) is 0 Å². The molecule has 102 valence electrons. The summed E-state index contributed by atoms with van der Waals surface area (Å²) >= 11 is 1.54. The van der Waals surface area contributed by atoms with Crippen LogP contribution >= 0.6 is 11.3 Å². The van der Waals surface area contributed by atoms with Crippen LogP contribution in [0, 0.1) is 6.92 Å². The number of hydrogen-bond donors (Lipinski definition) is 1. The summed E-state index contributed by atoms with van der Waals surface area (Å²) < 4.78 is 10.6. The van der Waals surface area contributed by atoms with Gasteiger partial charge in [0.1, 0.15) is 5.75 Å². The smallest absolute Gasteiger partial charge is 0.186 e. The van der Waals surface area contributed by atoms with Crippen LogP contribution in [-0.2, 0) is 0 Å². The number of nitrogens with zero attached hydrogens (tertiary/aromatic N) is 1. The van der Waals surface area contributed by atoms with Gasteiger partial charge in [-0.05, 0) is 12.5 Å². The number of benzene rings is 1. The summed E-state index contributed by atoms with van der Waals surface area (Å²) in [4.78, 5) is 0.946. The van der Waals surface area contributed by atoms with Crippen molar-refractivity contribution in [3.05, 3.63) is 41.3 Å². The Morgan fingerprint density at radius 2 is 2.00 bits per heavy atom. The van der Waals surface area contributed by atoms with E-state index in [1.807, 2.05) is 42.6 Å². The number of nitrogens with two attached hydrogens (primary N) is 1. The highest BCUT2D eigenvalue weighted by Gasteiger charge is 2.19. The molecular formula is C15H14N2O2S. The van der Waals surface area contributed by atoms with E-state index in [1.54, 1.807) is 7.11 Å². The third-order valence-corrected chi connectivity index (χ3v) is 4.00. The summed E-state index contributed by atoms with van der Waals surface area (Å²) in [6, 6.07) is 10.0. The molecule has 0 saturated carbocycles. The lowest BCUT2D eigenvalue weighted by Gasteiger charge is -2.01. The van der Waals surface area contributed by atoms with Crippen LogP contribution in [0.25, 0.3) is 21.8 Å². The van der Waals surface area contributed by atoms with Crippen LogP contribution in [0.15, 0.2) is 40.2 Å². The number of anilines is 1. The number of ether oxygens (including phenoxy) is 1. The molecule has 0 unspecified atom stereocenters. The largest absolute Gasteiger partial charge is 0.496 e. The molecule has 0 atom stereocenters. The van der Waals surface area contributed by atoms with Crippen molar-refractivity contribution in [1.82, 2.24) is 5.16 Å². The van der Waals surface area contributed by atoms with Gasteiger partial charge in [0.2, 0.25) is 0 Å². The van der Waals surface area contributed by atoms with E-state index in [1.165, 1.54) is 16.9 Å². The Balaban J connectivity index is 2.11. The third-order valence-electron chi connectivity index (χ3n) is 3.09. The molecule has 0 aliphatic rings. The minimum Gasteiger partial charge on any atom is -0.496 e. The van der Waals surface area contributed by atoms with E-state index >= 15 is 0 Å². The topological polar surface area (TPSA) is 61.3 Å². The Hall–Kier alpha value is -2.27. The summed E-state index contributed by atoms with van der Waals surface area (Å²) in [5.74, 6) is 1.88. The molecule has 20 heavy (non-hydrogen) atoms. The average molecular weight is 286 g/mol. The van der Waals surface area contributed by atoms with Crippen LogP contribution < -0.4 is 10.5 Å². The van der Waals surface area contributed by atoms with Crippen molar-refractivity contribution >= 4 is 17.2 Å². The maximum atomic E-state index is 5.96. The van der Waals surface area contributed by atoms with Crippen LogP contribution in [0.4, 0.5) is 5.82 Å². The van der Waals surface area contributed by atoms with Gasteiger partial charge in [-0.1, -0.05) is 35.0 Å². The number of nitrogen functional groups attached to an aromatic ring is 1. The lowest BCUT2D eigenvalue weighted by Crippen LogP contribution is -1.88. The number of aromatic nitrogens is 1. The number of rotatable bonds is 3. The molecule has 3 rings (SSSR count). The molecule has 0 spiro atoms. The molecule has 0 saturated heterocycles.